The number of nitrogens with one attached hydrogen (secondary N) is 1. The van der Waals surface area contributed by atoms with Gasteiger partial charge in [-0.15, -0.1) is 0 Å². The van der Waals surface area contributed by atoms with E-state index in [9.17, 15) is 22.4 Å². The van der Waals surface area contributed by atoms with Gasteiger partial charge in [-0.2, -0.15) is 13.2 Å². The molecule has 0 unspecified atom stereocenters. The number of hydrogen-bond donors (Lipinski definition) is 2. The maximum Gasteiger partial charge on any atom is 0.433 e. The number of alkyl halides is 3. The van der Waals surface area contributed by atoms with Crippen molar-refractivity contribution in [1.29, 1.82) is 0 Å². The van der Waals surface area contributed by atoms with Gasteiger partial charge in [-0.1, -0.05) is 6.07 Å². The lowest BCUT2D eigenvalue weighted by molar-refractivity contribution is -0.141. The van der Waals surface area contributed by atoms with Gasteiger partial charge >= 0.3 is 6.18 Å². The molecule has 0 radical (unpaired) electrons. The Morgan fingerprint density at radius 3 is 2.59 bits per heavy atom. The summed E-state index contributed by atoms with van der Waals surface area (Å²) >= 11 is 0. The van der Waals surface area contributed by atoms with Gasteiger partial charge in [0, 0.05) is 11.3 Å². The van der Waals surface area contributed by atoms with Gasteiger partial charge in [0.2, 0.25) is 0 Å². The van der Waals surface area contributed by atoms with Crippen molar-refractivity contribution in [1.82, 2.24) is 4.98 Å². The standard InChI is InChI=1S/C14H10F4N2O2/c15-10-5-4-9(6-8(10)7-21)19-13(22)11-2-1-3-12(20-11)14(16,17)18/h1-6,21H,7H2,(H,19,22). The Morgan fingerprint density at radius 1 is 1.23 bits per heavy atom. The van der Waals surface area contributed by atoms with Gasteiger partial charge in [0.15, 0.2) is 0 Å². The smallest absolute Gasteiger partial charge is 0.392 e. The number of aliphatic hydroxyl groups excluding tert-OH is 1. The number of carbonyl (C=O) groups excluding carboxylic acids is 1. The average molecular weight is 314 g/mol. The number of pyridine rings is 1. The van der Waals surface area contributed by atoms with Crippen molar-refractivity contribution in [2.45, 2.75) is 12.8 Å². The fraction of sp³-hybridized carbons (Fsp3) is 0.143. The topological polar surface area (TPSA) is 62.2 Å². The average Bonchev–Trinajstić information content (AvgIpc) is 2.48. The highest BCUT2D eigenvalue weighted by Crippen LogP contribution is 2.27. The predicted octanol–water partition coefficient (Wildman–Crippen LogP) is 2.98. The number of carbonyl (C=O) groups is 1. The summed E-state index contributed by atoms with van der Waals surface area (Å²) in [6, 6.07) is 6.37. The number of nitrogens with zero attached hydrogens (tertiary/aromatic N) is 1. The van der Waals surface area contributed by atoms with Crippen molar-refractivity contribution in [3.8, 4) is 0 Å². The molecular formula is C14H10F4N2O2. The van der Waals surface area contributed by atoms with E-state index in [2.05, 4.69) is 10.3 Å². The molecule has 2 rings (SSSR count). The minimum absolute atomic E-state index is 0.0465. The molecule has 0 saturated carbocycles. The third-order valence-corrected chi connectivity index (χ3v) is 2.75. The molecule has 1 heterocycles. The number of aliphatic hydroxyl groups is 1. The number of aromatic nitrogens is 1. The molecule has 0 bridgehead atoms. The first-order valence-electron chi connectivity index (χ1n) is 6.06. The van der Waals surface area contributed by atoms with Gasteiger partial charge in [0.1, 0.15) is 17.2 Å². The van der Waals surface area contributed by atoms with E-state index in [0.717, 1.165) is 24.3 Å². The highest BCUT2D eigenvalue weighted by atomic mass is 19.4. The van der Waals surface area contributed by atoms with Crippen LogP contribution in [0.5, 0.6) is 0 Å². The molecule has 4 nitrogen and oxygen atoms in total. The third kappa shape index (κ3) is 3.59. The second kappa shape index (κ2) is 6.10. The van der Waals surface area contributed by atoms with Crippen LogP contribution >= 0.6 is 0 Å². The largest absolute Gasteiger partial charge is 0.433 e. The van der Waals surface area contributed by atoms with Crippen LogP contribution in [0.3, 0.4) is 0 Å². The van der Waals surface area contributed by atoms with E-state index in [-0.39, 0.29) is 11.3 Å². The van der Waals surface area contributed by atoms with E-state index in [1.54, 1.807) is 0 Å². The van der Waals surface area contributed by atoms with Gasteiger partial charge in [0.05, 0.1) is 6.61 Å². The third-order valence-electron chi connectivity index (χ3n) is 2.75. The summed E-state index contributed by atoms with van der Waals surface area (Å²) in [5, 5.41) is 11.2. The number of halogens is 4. The first-order chi connectivity index (χ1) is 10.3. The lowest BCUT2D eigenvalue weighted by atomic mass is 10.2. The van der Waals surface area contributed by atoms with Gasteiger partial charge in [-0.05, 0) is 30.3 Å². The Labute approximate surface area is 122 Å². The zero-order valence-electron chi connectivity index (χ0n) is 11.0. The molecule has 1 amide bonds. The summed E-state index contributed by atoms with van der Waals surface area (Å²) in [5.41, 5.74) is -1.52. The predicted molar refractivity (Wildman–Crippen MR) is 69.5 cm³/mol. The lowest BCUT2D eigenvalue weighted by Crippen LogP contribution is -2.17. The Morgan fingerprint density at radius 2 is 1.95 bits per heavy atom. The molecule has 0 saturated heterocycles. The van der Waals surface area contributed by atoms with Crippen LogP contribution in [0.25, 0.3) is 0 Å². The fourth-order valence-electron chi connectivity index (χ4n) is 1.69. The van der Waals surface area contributed by atoms with Crippen LogP contribution in [-0.2, 0) is 12.8 Å². The zero-order valence-corrected chi connectivity index (χ0v) is 11.0. The van der Waals surface area contributed by atoms with E-state index < -0.39 is 35.9 Å². The Kier molecular flexibility index (Phi) is 4.41. The molecule has 2 aromatic rings. The van der Waals surface area contributed by atoms with Crippen LogP contribution in [0.1, 0.15) is 21.7 Å². The number of benzene rings is 1. The summed E-state index contributed by atoms with van der Waals surface area (Å²) in [5.74, 6) is -1.53. The van der Waals surface area contributed by atoms with Crippen LogP contribution in [0.4, 0.5) is 23.2 Å². The maximum atomic E-state index is 13.2. The molecule has 1 aromatic heterocycles. The molecule has 0 aliphatic rings. The van der Waals surface area contributed by atoms with E-state index in [4.69, 9.17) is 5.11 Å². The molecule has 116 valence electrons. The fourth-order valence-corrected chi connectivity index (χ4v) is 1.69. The van der Waals surface area contributed by atoms with E-state index >= 15 is 0 Å². The van der Waals surface area contributed by atoms with Crippen molar-refractivity contribution in [2.24, 2.45) is 0 Å². The number of amides is 1. The summed E-state index contributed by atoms with van der Waals surface area (Å²) in [6.45, 7) is -0.572. The van der Waals surface area contributed by atoms with Crippen molar-refractivity contribution in [2.75, 3.05) is 5.32 Å². The molecule has 0 atom stereocenters. The highest BCUT2D eigenvalue weighted by Gasteiger charge is 2.32. The van der Waals surface area contributed by atoms with Gasteiger partial charge in [-0.25, -0.2) is 9.37 Å². The first-order valence-corrected chi connectivity index (χ1v) is 6.06. The minimum atomic E-state index is -4.66. The molecule has 8 heteroatoms. The quantitative estimate of drug-likeness (QED) is 0.856. The van der Waals surface area contributed by atoms with Crippen LogP contribution in [0.15, 0.2) is 36.4 Å². The monoisotopic (exact) mass is 314 g/mol. The van der Waals surface area contributed by atoms with Crippen LogP contribution in [-0.4, -0.2) is 16.0 Å². The summed E-state index contributed by atoms with van der Waals surface area (Å²) in [4.78, 5) is 15.1. The second-order valence-electron chi connectivity index (χ2n) is 4.32. The molecule has 0 aliphatic carbocycles. The maximum absolute atomic E-state index is 13.2. The number of hydrogen-bond acceptors (Lipinski definition) is 3. The Bertz CT molecular complexity index is 701. The summed E-state index contributed by atoms with van der Waals surface area (Å²) in [7, 11) is 0. The molecule has 0 fully saturated rings. The van der Waals surface area contributed by atoms with Crippen molar-refractivity contribution in [3.63, 3.8) is 0 Å². The summed E-state index contributed by atoms with van der Waals surface area (Å²) in [6.07, 6.45) is -4.66. The van der Waals surface area contributed by atoms with Gasteiger partial charge in [0.25, 0.3) is 5.91 Å². The van der Waals surface area contributed by atoms with Crippen molar-refractivity contribution in [3.05, 3.63) is 59.2 Å². The molecule has 2 N–H and O–H groups in total. The molecule has 22 heavy (non-hydrogen) atoms. The van der Waals surface area contributed by atoms with E-state index in [1.807, 2.05) is 0 Å². The lowest BCUT2D eigenvalue weighted by Gasteiger charge is -2.09. The highest BCUT2D eigenvalue weighted by molar-refractivity contribution is 6.02. The van der Waals surface area contributed by atoms with Crippen molar-refractivity contribution < 1.29 is 27.5 Å². The zero-order chi connectivity index (χ0) is 16.3. The minimum Gasteiger partial charge on any atom is -0.392 e. The van der Waals surface area contributed by atoms with Gasteiger partial charge in [-0.3, -0.25) is 4.79 Å². The van der Waals surface area contributed by atoms with Crippen molar-refractivity contribution >= 4 is 11.6 Å². The second-order valence-corrected chi connectivity index (χ2v) is 4.32. The van der Waals surface area contributed by atoms with Crippen LogP contribution in [0.2, 0.25) is 0 Å². The first kappa shape index (κ1) is 15.9. The molecular weight excluding hydrogens is 304 g/mol. The van der Waals surface area contributed by atoms with E-state index in [0.29, 0.717) is 0 Å². The summed E-state index contributed by atoms with van der Waals surface area (Å²) < 4.78 is 50.8. The van der Waals surface area contributed by atoms with Gasteiger partial charge < -0.3 is 10.4 Å². The molecule has 0 spiro atoms. The van der Waals surface area contributed by atoms with E-state index in [1.165, 1.54) is 12.1 Å². The number of anilines is 1. The Hall–Kier alpha value is -2.48. The SMILES string of the molecule is O=C(Nc1ccc(F)c(CO)c1)c1cccc(C(F)(F)F)n1. The molecule has 1 aromatic carbocycles. The van der Waals surface area contributed by atoms with Crippen LogP contribution in [0, 0.1) is 5.82 Å². The number of rotatable bonds is 3. The van der Waals surface area contributed by atoms with Crippen LogP contribution < -0.4 is 5.32 Å². The molecule has 0 aliphatic heterocycles. The normalized spacial score (nSPS) is 11.3. The Balaban J connectivity index is 2.23.